The van der Waals surface area contributed by atoms with Crippen LogP contribution in [0.25, 0.3) is 11.1 Å². The van der Waals surface area contributed by atoms with Crippen molar-refractivity contribution in [2.75, 3.05) is 0 Å². The van der Waals surface area contributed by atoms with E-state index in [9.17, 15) is 0 Å². The number of rotatable bonds is 2. The minimum Gasteiger partial charge on any atom is -0.158 e. The Hall–Kier alpha value is -3.00. The maximum atomic E-state index is 4.52. The Labute approximate surface area is 135 Å². The van der Waals surface area contributed by atoms with E-state index in [2.05, 4.69) is 53.5 Å². The Bertz CT molecular complexity index is 922. The van der Waals surface area contributed by atoms with Gasteiger partial charge in [-0.1, -0.05) is 78.4 Å². The lowest BCUT2D eigenvalue weighted by Crippen LogP contribution is -1.97. The van der Waals surface area contributed by atoms with Crippen molar-refractivity contribution in [1.29, 1.82) is 0 Å². The van der Waals surface area contributed by atoms with Gasteiger partial charge in [0.1, 0.15) is 5.71 Å². The first-order chi connectivity index (χ1) is 11.3. The van der Waals surface area contributed by atoms with Gasteiger partial charge in [-0.2, -0.15) is 5.10 Å². The standard InChI is InChI=1S/C21H16N2/c1-15-11-12-19-20(13-15)17-9-5-6-10-18(17)21(19)23-22-14-16-7-3-2-4-8-16/h2-14H,1H3/b22-14+,23-21-. The van der Waals surface area contributed by atoms with Gasteiger partial charge in [0.15, 0.2) is 0 Å². The number of benzene rings is 3. The second-order valence-electron chi connectivity index (χ2n) is 5.70. The molecule has 110 valence electrons. The molecule has 3 aromatic carbocycles. The molecule has 1 aliphatic carbocycles. The summed E-state index contributed by atoms with van der Waals surface area (Å²) in [5, 5.41) is 8.82. The zero-order chi connectivity index (χ0) is 15.6. The lowest BCUT2D eigenvalue weighted by Gasteiger charge is -2.00. The van der Waals surface area contributed by atoms with E-state index < -0.39 is 0 Å². The Balaban J connectivity index is 1.80. The minimum absolute atomic E-state index is 0.947. The van der Waals surface area contributed by atoms with Crippen molar-refractivity contribution in [2.24, 2.45) is 10.2 Å². The van der Waals surface area contributed by atoms with Crippen LogP contribution in [0, 0.1) is 6.92 Å². The molecule has 0 saturated carbocycles. The van der Waals surface area contributed by atoms with Gasteiger partial charge in [0.05, 0.1) is 6.21 Å². The number of fused-ring (bicyclic) bond motifs is 3. The maximum Gasteiger partial charge on any atom is 0.101 e. The highest BCUT2D eigenvalue weighted by Gasteiger charge is 2.24. The van der Waals surface area contributed by atoms with Gasteiger partial charge in [0.2, 0.25) is 0 Å². The van der Waals surface area contributed by atoms with Crippen LogP contribution in [0.15, 0.2) is 83.0 Å². The van der Waals surface area contributed by atoms with Crippen molar-refractivity contribution in [3.63, 3.8) is 0 Å². The predicted molar refractivity (Wildman–Crippen MR) is 96.3 cm³/mol. The first-order valence-corrected chi connectivity index (χ1v) is 7.70. The summed E-state index contributed by atoms with van der Waals surface area (Å²) >= 11 is 0. The molecule has 2 heteroatoms. The van der Waals surface area contributed by atoms with E-state index in [4.69, 9.17) is 0 Å². The first-order valence-electron chi connectivity index (χ1n) is 7.70. The number of hydrogen-bond donors (Lipinski definition) is 0. The van der Waals surface area contributed by atoms with Gasteiger partial charge in [-0.15, -0.1) is 5.10 Å². The maximum absolute atomic E-state index is 4.52. The van der Waals surface area contributed by atoms with Gasteiger partial charge in [0, 0.05) is 11.1 Å². The zero-order valence-electron chi connectivity index (χ0n) is 12.9. The van der Waals surface area contributed by atoms with E-state index in [0.29, 0.717) is 0 Å². The molecule has 23 heavy (non-hydrogen) atoms. The monoisotopic (exact) mass is 296 g/mol. The molecule has 0 heterocycles. The molecule has 0 unspecified atom stereocenters. The van der Waals surface area contributed by atoms with Gasteiger partial charge < -0.3 is 0 Å². The fourth-order valence-corrected chi connectivity index (χ4v) is 2.96. The van der Waals surface area contributed by atoms with E-state index in [0.717, 1.165) is 22.4 Å². The topological polar surface area (TPSA) is 24.7 Å². The van der Waals surface area contributed by atoms with Crippen LogP contribution in [0.3, 0.4) is 0 Å². The Morgan fingerprint density at radius 2 is 1.39 bits per heavy atom. The summed E-state index contributed by atoms with van der Waals surface area (Å²) < 4.78 is 0. The average molecular weight is 296 g/mol. The van der Waals surface area contributed by atoms with Gasteiger partial charge in [-0.05, 0) is 23.6 Å². The highest BCUT2D eigenvalue weighted by Crippen LogP contribution is 2.37. The molecule has 0 N–H and O–H groups in total. The predicted octanol–water partition coefficient (Wildman–Crippen LogP) is 4.85. The third-order valence-electron chi connectivity index (χ3n) is 4.07. The Morgan fingerprint density at radius 1 is 0.696 bits per heavy atom. The number of nitrogens with zero attached hydrogens (tertiary/aromatic N) is 2. The summed E-state index contributed by atoms with van der Waals surface area (Å²) in [5.74, 6) is 0. The van der Waals surface area contributed by atoms with Crippen LogP contribution in [0.4, 0.5) is 0 Å². The molecular formula is C21H16N2. The smallest absolute Gasteiger partial charge is 0.101 e. The van der Waals surface area contributed by atoms with Crippen molar-refractivity contribution in [1.82, 2.24) is 0 Å². The van der Waals surface area contributed by atoms with Crippen LogP contribution >= 0.6 is 0 Å². The lowest BCUT2D eigenvalue weighted by atomic mass is 10.0. The largest absolute Gasteiger partial charge is 0.158 e. The summed E-state index contributed by atoms with van der Waals surface area (Å²) in [5.41, 5.74) is 8.04. The second-order valence-corrected chi connectivity index (χ2v) is 5.70. The van der Waals surface area contributed by atoms with Crippen molar-refractivity contribution < 1.29 is 0 Å². The van der Waals surface area contributed by atoms with Gasteiger partial charge in [-0.25, -0.2) is 0 Å². The van der Waals surface area contributed by atoms with Crippen molar-refractivity contribution >= 4 is 11.9 Å². The molecule has 0 spiro atoms. The van der Waals surface area contributed by atoms with Crippen molar-refractivity contribution in [2.45, 2.75) is 6.92 Å². The summed E-state index contributed by atoms with van der Waals surface area (Å²) in [6.07, 6.45) is 1.79. The molecule has 4 rings (SSSR count). The first kappa shape index (κ1) is 13.6. The summed E-state index contributed by atoms with van der Waals surface area (Å²) in [7, 11) is 0. The summed E-state index contributed by atoms with van der Waals surface area (Å²) in [6.45, 7) is 2.12. The molecule has 0 aromatic heterocycles. The summed E-state index contributed by atoms with van der Waals surface area (Å²) in [6, 6.07) is 24.9. The fourth-order valence-electron chi connectivity index (χ4n) is 2.96. The third-order valence-corrected chi connectivity index (χ3v) is 4.07. The van der Waals surface area contributed by atoms with Crippen molar-refractivity contribution in [3.05, 3.63) is 95.1 Å². The molecule has 1 aliphatic rings. The molecule has 0 atom stereocenters. The van der Waals surface area contributed by atoms with Gasteiger partial charge in [-0.3, -0.25) is 0 Å². The Kier molecular flexibility index (Phi) is 3.35. The van der Waals surface area contributed by atoms with Gasteiger partial charge >= 0.3 is 0 Å². The highest BCUT2D eigenvalue weighted by atomic mass is 15.2. The van der Waals surface area contributed by atoms with Crippen molar-refractivity contribution in [3.8, 4) is 11.1 Å². The molecule has 0 fully saturated rings. The average Bonchev–Trinajstić information content (AvgIpc) is 2.90. The van der Waals surface area contributed by atoms with Crippen LogP contribution in [-0.2, 0) is 0 Å². The molecule has 0 aliphatic heterocycles. The van der Waals surface area contributed by atoms with E-state index >= 15 is 0 Å². The molecule has 3 aromatic rings. The molecule has 0 amide bonds. The molecule has 0 saturated heterocycles. The van der Waals surface area contributed by atoms with E-state index in [1.165, 1.54) is 16.7 Å². The zero-order valence-corrected chi connectivity index (χ0v) is 12.9. The lowest BCUT2D eigenvalue weighted by molar-refractivity contribution is 1.25. The van der Waals surface area contributed by atoms with Crippen LogP contribution in [0.1, 0.15) is 22.3 Å². The molecule has 0 bridgehead atoms. The SMILES string of the molecule is Cc1ccc2c(c1)-c1ccccc1/C2=N/N=C/c1ccccc1. The number of aryl methyl sites for hydroxylation is 1. The highest BCUT2D eigenvalue weighted by molar-refractivity contribution is 6.24. The normalized spacial score (nSPS) is 14.2. The number of hydrogen-bond acceptors (Lipinski definition) is 2. The molecular weight excluding hydrogens is 280 g/mol. The van der Waals surface area contributed by atoms with Crippen LogP contribution in [0.5, 0.6) is 0 Å². The van der Waals surface area contributed by atoms with Crippen LogP contribution in [0.2, 0.25) is 0 Å². The second kappa shape index (κ2) is 5.65. The van der Waals surface area contributed by atoms with E-state index in [1.807, 2.05) is 36.4 Å². The summed E-state index contributed by atoms with van der Waals surface area (Å²) in [4.78, 5) is 0. The third kappa shape index (κ3) is 2.49. The van der Waals surface area contributed by atoms with Crippen LogP contribution in [-0.4, -0.2) is 11.9 Å². The fraction of sp³-hybridized carbons (Fsp3) is 0.0476. The Morgan fingerprint density at radius 3 is 2.22 bits per heavy atom. The molecule has 2 nitrogen and oxygen atoms in total. The van der Waals surface area contributed by atoms with E-state index in [1.54, 1.807) is 6.21 Å². The molecule has 0 radical (unpaired) electrons. The van der Waals surface area contributed by atoms with Gasteiger partial charge in [0.25, 0.3) is 0 Å². The van der Waals surface area contributed by atoms with E-state index in [-0.39, 0.29) is 0 Å². The quantitative estimate of drug-likeness (QED) is 0.373. The minimum atomic E-state index is 0.947. The van der Waals surface area contributed by atoms with Crippen LogP contribution < -0.4 is 0 Å².